The molecule has 0 bridgehead atoms. The second-order valence-electron chi connectivity index (χ2n) is 5.12. The van der Waals surface area contributed by atoms with E-state index in [0.29, 0.717) is 18.1 Å². The molecule has 0 radical (unpaired) electrons. The van der Waals surface area contributed by atoms with Gasteiger partial charge >= 0.3 is 0 Å². The summed E-state index contributed by atoms with van der Waals surface area (Å²) in [6.07, 6.45) is 5.80. The lowest BCUT2D eigenvalue weighted by Crippen LogP contribution is -2.32. The molecule has 0 N–H and O–H groups in total. The molecule has 20 heavy (non-hydrogen) atoms. The number of likely N-dealkylation sites (tertiary alicyclic amines) is 1. The van der Waals surface area contributed by atoms with Crippen LogP contribution in [0.15, 0.2) is 16.9 Å². The van der Waals surface area contributed by atoms with Gasteiger partial charge in [0, 0.05) is 26.7 Å². The lowest BCUT2D eigenvalue weighted by molar-refractivity contribution is -0.131. The third-order valence-electron chi connectivity index (χ3n) is 3.53. The van der Waals surface area contributed by atoms with Crippen LogP contribution in [0.25, 0.3) is 0 Å². The summed E-state index contributed by atoms with van der Waals surface area (Å²) in [6, 6.07) is -0.0587. The summed E-state index contributed by atoms with van der Waals surface area (Å²) < 4.78 is 6.72. The van der Waals surface area contributed by atoms with Crippen molar-refractivity contribution in [2.24, 2.45) is 7.05 Å². The van der Waals surface area contributed by atoms with Gasteiger partial charge in [0.25, 0.3) is 0 Å². The number of carbonyl (C=O) groups is 1. The van der Waals surface area contributed by atoms with E-state index in [1.54, 1.807) is 17.8 Å². The summed E-state index contributed by atoms with van der Waals surface area (Å²) in [5.74, 6) is 1.23. The summed E-state index contributed by atoms with van der Waals surface area (Å²) in [7, 11) is 1.84. The Morgan fingerprint density at radius 1 is 1.55 bits per heavy atom. The molecule has 2 aromatic heterocycles. The van der Waals surface area contributed by atoms with Gasteiger partial charge in [0.2, 0.25) is 11.8 Å². The van der Waals surface area contributed by atoms with Gasteiger partial charge in [0.1, 0.15) is 0 Å². The third kappa shape index (κ3) is 2.43. The Morgan fingerprint density at radius 2 is 2.40 bits per heavy atom. The molecule has 1 saturated heterocycles. The van der Waals surface area contributed by atoms with Gasteiger partial charge in [-0.2, -0.15) is 10.1 Å². The first-order valence-corrected chi connectivity index (χ1v) is 6.70. The van der Waals surface area contributed by atoms with Gasteiger partial charge in [-0.05, 0) is 18.4 Å². The first-order valence-electron chi connectivity index (χ1n) is 6.70. The second kappa shape index (κ2) is 5.07. The highest BCUT2D eigenvalue weighted by Crippen LogP contribution is 2.30. The van der Waals surface area contributed by atoms with Gasteiger partial charge in [-0.25, -0.2) is 0 Å². The van der Waals surface area contributed by atoms with E-state index < -0.39 is 0 Å². The Balaban J connectivity index is 1.73. The molecule has 1 aliphatic rings. The molecule has 1 atom stereocenters. The van der Waals surface area contributed by atoms with E-state index in [9.17, 15) is 4.79 Å². The van der Waals surface area contributed by atoms with E-state index in [1.165, 1.54) is 0 Å². The van der Waals surface area contributed by atoms with E-state index in [2.05, 4.69) is 15.2 Å². The minimum absolute atomic E-state index is 0.0587. The molecule has 0 unspecified atom stereocenters. The maximum Gasteiger partial charge on any atom is 0.227 e. The number of amides is 1. The van der Waals surface area contributed by atoms with Crippen LogP contribution in [-0.4, -0.2) is 37.3 Å². The maximum absolute atomic E-state index is 12.4. The molecule has 1 aliphatic heterocycles. The maximum atomic E-state index is 12.4. The molecule has 0 spiro atoms. The number of hydrogen-bond acceptors (Lipinski definition) is 5. The topological polar surface area (TPSA) is 77.1 Å². The van der Waals surface area contributed by atoms with Crippen LogP contribution < -0.4 is 0 Å². The highest BCUT2D eigenvalue weighted by atomic mass is 16.5. The highest BCUT2D eigenvalue weighted by molar-refractivity contribution is 5.79. The van der Waals surface area contributed by atoms with Gasteiger partial charge in [-0.1, -0.05) is 5.16 Å². The standard InChI is InChI=1S/C13H17N5O2/c1-9-15-13(16-20-9)11-4-3-5-18(11)12(19)6-10-7-14-17(2)8-10/h7-8,11H,3-6H2,1-2H3/t11-/m0/s1. The van der Waals surface area contributed by atoms with Crippen molar-refractivity contribution >= 4 is 5.91 Å². The van der Waals surface area contributed by atoms with Crippen LogP contribution in [0.2, 0.25) is 0 Å². The fourth-order valence-electron chi connectivity index (χ4n) is 2.62. The molecular weight excluding hydrogens is 258 g/mol. The lowest BCUT2D eigenvalue weighted by atomic mass is 10.2. The third-order valence-corrected chi connectivity index (χ3v) is 3.53. The molecule has 2 aromatic rings. The average Bonchev–Trinajstić information content (AvgIpc) is 3.09. The average molecular weight is 275 g/mol. The van der Waals surface area contributed by atoms with Crippen molar-refractivity contribution in [3.63, 3.8) is 0 Å². The lowest BCUT2D eigenvalue weighted by Gasteiger charge is -2.21. The van der Waals surface area contributed by atoms with Crippen LogP contribution in [0.1, 0.15) is 36.2 Å². The Bertz CT molecular complexity index is 618. The number of nitrogens with zero attached hydrogens (tertiary/aromatic N) is 5. The van der Waals surface area contributed by atoms with Crippen LogP contribution in [0.3, 0.4) is 0 Å². The fourth-order valence-corrected chi connectivity index (χ4v) is 2.62. The van der Waals surface area contributed by atoms with Crippen molar-refractivity contribution in [1.82, 2.24) is 24.8 Å². The number of carbonyl (C=O) groups excluding carboxylic acids is 1. The Hall–Kier alpha value is -2.18. The number of aryl methyl sites for hydroxylation is 2. The van der Waals surface area contributed by atoms with Gasteiger partial charge in [0.15, 0.2) is 5.82 Å². The van der Waals surface area contributed by atoms with E-state index in [0.717, 1.165) is 24.9 Å². The fraction of sp³-hybridized carbons (Fsp3) is 0.538. The number of rotatable bonds is 3. The van der Waals surface area contributed by atoms with Crippen molar-refractivity contribution in [1.29, 1.82) is 0 Å². The Labute approximate surface area is 116 Å². The monoisotopic (exact) mass is 275 g/mol. The van der Waals surface area contributed by atoms with Crippen LogP contribution in [-0.2, 0) is 18.3 Å². The molecule has 106 valence electrons. The quantitative estimate of drug-likeness (QED) is 0.835. The van der Waals surface area contributed by atoms with Crippen LogP contribution in [0.5, 0.6) is 0 Å². The highest BCUT2D eigenvalue weighted by Gasteiger charge is 2.33. The SMILES string of the molecule is Cc1nc([C@@H]2CCCN2C(=O)Cc2cnn(C)c2)no1. The van der Waals surface area contributed by atoms with Gasteiger partial charge in [-0.3, -0.25) is 9.48 Å². The largest absolute Gasteiger partial charge is 0.340 e. The summed E-state index contributed by atoms with van der Waals surface area (Å²) in [6.45, 7) is 2.50. The van der Waals surface area contributed by atoms with E-state index in [1.807, 2.05) is 18.1 Å². The molecule has 1 amide bonds. The Kier molecular flexibility index (Phi) is 3.25. The Morgan fingerprint density at radius 3 is 3.05 bits per heavy atom. The van der Waals surface area contributed by atoms with Gasteiger partial charge < -0.3 is 9.42 Å². The van der Waals surface area contributed by atoms with E-state index >= 15 is 0 Å². The molecule has 3 heterocycles. The van der Waals surface area contributed by atoms with Crippen molar-refractivity contribution < 1.29 is 9.32 Å². The van der Waals surface area contributed by atoms with Crippen molar-refractivity contribution in [3.05, 3.63) is 29.7 Å². The number of aromatic nitrogens is 4. The van der Waals surface area contributed by atoms with Crippen molar-refractivity contribution in [3.8, 4) is 0 Å². The van der Waals surface area contributed by atoms with Gasteiger partial charge in [-0.15, -0.1) is 0 Å². The van der Waals surface area contributed by atoms with E-state index in [4.69, 9.17) is 4.52 Å². The zero-order valence-corrected chi connectivity index (χ0v) is 11.6. The predicted octanol–water partition coefficient (Wildman–Crippen LogP) is 1.02. The summed E-state index contributed by atoms with van der Waals surface area (Å²) in [5.41, 5.74) is 0.924. The first-order chi connectivity index (χ1) is 9.63. The zero-order valence-electron chi connectivity index (χ0n) is 11.6. The summed E-state index contributed by atoms with van der Waals surface area (Å²) >= 11 is 0. The molecular formula is C13H17N5O2. The molecule has 3 rings (SSSR count). The molecule has 0 aromatic carbocycles. The predicted molar refractivity (Wildman–Crippen MR) is 69.6 cm³/mol. The zero-order chi connectivity index (χ0) is 14.1. The normalized spacial score (nSPS) is 18.7. The van der Waals surface area contributed by atoms with Gasteiger partial charge in [0.05, 0.1) is 18.7 Å². The smallest absolute Gasteiger partial charge is 0.227 e. The molecule has 7 heteroatoms. The molecule has 1 fully saturated rings. The minimum Gasteiger partial charge on any atom is -0.340 e. The molecule has 0 aliphatic carbocycles. The summed E-state index contributed by atoms with van der Waals surface area (Å²) in [4.78, 5) is 18.5. The molecule has 0 saturated carbocycles. The van der Waals surface area contributed by atoms with Crippen LogP contribution in [0.4, 0.5) is 0 Å². The first kappa shape index (κ1) is 12.8. The number of hydrogen-bond donors (Lipinski definition) is 0. The van der Waals surface area contributed by atoms with Crippen molar-refractivity contribution in [2.45, 2.75) is 32.2 Å². The second-order valence-corrected chi connectivity index (χ2v) is 5.12. The summed E-state index contributed by atoms with van der Waals surface area (Å²) in [5, 5.41) is 8.03. The van der Waals surface area contributed by atoms with Crippen LogP contribution in [0, 0.1) is 6.92 Å². The van der Waals surface area contributed by atoms with Crippen LogP contribution >= 0.6 is 0 Å². The van der Waals surface area contributed by atoms with Crippen molar-refractivity contribution in [2.75, 3.05) is 6.54 Å². The van der Waals surface area contributed by atoms with E-state index in [-0.39, 0.29) is 11.9 Å². The molecule has 7 nitrogen and oxygen atoms in total. The minimum atomic E-state index is -0.0587.